The van der Waals surface area contributed by atoms with E-state index in [1.54, 1.807) is 0 Å². The van der Waals surface area contributed by atoms with Crippen molar-refractivity contribution in [2.75, 3.05) is 0 Å². The zero-order valence-electron chi connectivity index (χ0n) is 29.5. The quantitative estimate of drug-likeness (QED) is 0.171. The molecule has 2 heteroatoms. The van der Waals surface area contributed by atoms with Gasteiger partial charge < -0.3 is 9.13 Å². The van der Waals surface area contributed by atoms with Crippen LogP contribution in [0.3, 0.4) is 0 Å². The first-order valence-corrected chi connectivity index (χ1v) is 18.6. The van der Waals surface area contributed by atoms with Crippen LogP contribution >= 0.6 is 0 Å². The molecule has 9 aromatic carbocycles. The second-order valence-electron chi connectivity index (χ2n) is 14.1. The summed E-state index contributed by atoms with van der Waals surface area (Å²) in [6, 6.07) is 75.1. The van der Waals surface area contributed by atoms with E-state index in [1.807, 2.05) is 0 Å². The first-order valence-electron chi connectivity index (χ1n) is 18.6. The summed E-state index contributed by atoms with van der Waals surface area (Å²) in [4.78, 5) is 0. The van der Waals surface area contributed by atoms with Crippen LogP contribution in [0.1, 0.15) is 0 Å². The molecule has 252 valence electrons. The van der Waals surface area contributed by atoms with Crippen molar-refractivity contribution in [1.82, 2.24) is 9.13 Å². The van der Waals surface area contributed by atoms with E-state index in [0.717, 1.165) is 5.69 Å². The molecule has 2 aromatic heterocycles. The normalized spacial score (nSPS) is 11.7. The Bertz CT molecular complexity index is 3200. The zero-order chi connectivity index (χ0) is 35.6. The molecule has 11 rings (SSSR count). The van der Waals surface area contributed by atoms with Gasteiger partial charge in [-0.05, 0) is 87.3 Å². The summed E-state index contributed by atoms with van der Waals surface area (Å²) in [5.74, 6) is 0. The summed E-state index contributed by atoms with van der Waals surface area (Å²) in [5, 5.41) is 7.50. The second kappa shape index (κ2) is 12.2. The second-order valence-corrected chi connectivity index (χ2v) is 14.1. The first kappa shape index (κ1) is 30.5. The maximum atomic E-state index is 2.46. The fraction of sp³-hybridized carbons (Fsp3) is 0. The highest BCUT2D eigenvalue weighted by Gasteiger charge is 2.19. The number of para-hydroxylation sites is 2. The third kappa shape index (κ3) is 4.67. The van der Waals surface area contributed by atoms with Crippen molar-refractivity contribution in [2.45, 2.75) is 0 Å². The van der Waals surface area contributed by atoms with Crippen LogP contribution in [0.2, 0.25) is 0 Å². The number of benzene rings is 9. The van der Waals surface area contributed by atoms with Crippen LogP contribution in [0.25, 0.3) is 99.1 Å². The van der Waals surface area contributed by atoms with E-state index >= 15 is 0 Å². The first-order chi connectivity index (χ1) is 26.8. The molecule has 2 nitrogen and oxygen atoms in total. The number of rotatable bonds is 5. The smallest absolute Gasteiger partial charge is 0.0547 e. The van der Waals surface area contributed by atoms with Gasteiger partial charge in [0.05, 0.1) is 27.8 Å². The molecular weight excluding hydrogens is 653 g/mol. The lowest BCUT2D eigenvalue weighted by atomic mass is 9.97. The predicted octanol–water partition coefficient (Wildman–Crippen LogP) is 14.0. The van der Waals surface area contributed by atoms with Crippen molar-refractivity contribution < 1.29 is 0 Å². The van der Waals surface area contributed by atoms with Crippen LogP contribution in [0.15, 0.2) is 206 Å². The van der Waals surface area contributed by atoms with Crippen molar-refractivity contribution in [3.05, 3.63) is 206 Å². The van der Waals surface area contributed by atoms with E-state index in [-0.39, 0.29) is 0 Å². The largest absolute Gasteiger partial charge is 0.309 e. The topological polar surface area (TPSA) is 9.86 Å². The van der Waals surface area contributed by atoms with E-state index in [0.29, 0.717) is 0 Å². The van der Waals surface area contributed by atoms with Crippen molar-refractivity contribution in [2.24, 2.45) is 0 Å². The van der Waals surface area contributed by atoms with E-state index in [9.17, 15) is 0 Å². The minimum atomic E-state index is 1.16. The summed E-state index contributed by atoms with van der Waals surface area (Å²) < 4.78 is 4.88. The lowest BCUT2D eigenvalue weighted by Gasteiger charge is -2.15. The molecule has 0 fully saturated rings. The molecule has 0 saturated heterocycles. The Labute approximate surface area is 313 Å². The minimum absolute atomic E-state index is 1.16. The fourth-order valence-electron chi connectivity index (χ4n) is 8.74. The van der Waals surface area contributed by atoms with Gasteiger partial charge in [0.15, 0.2) is 0 Å². The third-order valence-corrected chi connectivity index (χ3v) is 11.1. The average Bonchev–Trinajstić information content (AvgIpc) is 3.77. The summed E-state index contributed by atoms with van der Waals surface area (Å²) in [6.07, 6.45) is 0. The molecule has 0 aliphatic rings. The Morgan fingerprint density at radius 1 is 0.259 bits per heavy atom. The van der Waals surface area contributed by atoms with E-state index in [4.69, 9.17) is 0 Å². The van der Waals surface area contributed by atoms with Gasteiger partial charge >= 0.3 is 0 Å². The van der Waals surface area contributed by atoms with Gasteiger partial charge in [-0.3, -0.25) is 0 Å². The van der Waals surface area contributed by atoms with E-state index < -0.39 is 0 Å². The van der Waals surface area contributed by atoms with Gasteiger partial charge in [-0.2, -0.15) is 0 Å². The molecular formula is C52H34N2. The third-order valence-electron chi connectivity index (χ3n) is 11.1. The maximum Gasteiger partial charge on any atom is 0.0547 e. The monoisotopic (exact) mass is 686 g/mol. The van der Waals surface area contributed by atoms with Gasteiger partial charge in [0.25, 0.3) is 0 Å². The summed E-state index contributed by atoms with van der Waals surface area (Å²) in [5.41, 5.74) is 14.5. The van der Waals surface area contributed by atoms with Crippen LogP contribution < -0.4 is 0 Å². The molecule has 0 radical (unpaired) electrons. The molecule has 0 saturated carbocycles. The SMILES string of the molecule is c1ccc(-c2cccc(-n3c4ccccc4c4c(-c5ccc6c(c5)c5ccccc5n6-c5ccc(-c6ccccc6)c6ccccc56)cccc43)c2)cc1. The average molecular weight is 687 g/mol. The predicted molar refractivity (Wildman–Crippen MR) is 229 cm³/mol. The Morgan fingerprint density at radius 3 is 1.65 bits per heavy atom. The maximum absolute atomic E-state index is 2.46. The molecule has 0 atom stereocenters. The number of aromatic nitrogens is 2. The Balaban J connectivity index is 1.12. The zero-order valence-corrected chi connectivity index (χ0v) is 29.5. The Kier molecular flexibility index (Phi) is 6.90. The molecule has 11 aromatic rings. The lowest BCUT2D eigenvalue weighted by molar-refractivity contribution is 1.18. The summed E-state index contributed by atoms with van der Waals surface area (Å²) in [6.45, 7) is 0. The standard InChI is InChI=1S/C52H34N2/c1-3-15-35(16-4-1)37-19-13-20-39(33-37)53-48-27-12-10-24-45(48)52-41(25-14-28-51(52)53)38-29-31-50-46(34-38)44-23-9-11-26-47(44)54(50)49-32-30-40(36-17-5-2-6-18-36)42-21-7-8-22-43(42)49/h1-34H. The highest BCUT2D eigenvalue weighted by Crippen LogP contribution is 2.42. The Hall–Kier alpha value is -7.16. The summed E-state index contributed by atoms with van der Waals surface area (Å²) >= 11 is 0. The van der Waals surface area contributed by atoms with Crippen LogP contribution in [-0.4, -0.2) is 9.13 Å². The molecule has 0 amide bonds. The van der Waals surface area contributed by atoms with Gasteiger partial charge in [-0.25, -0.2) is 0 Å². The van der Waals surface area contributed by atoms with E-state index in [2.05, 4.69) is 215 Å². The van der Waals surface area contributed by atoms with Crippen molar-refractivity contribution in [3.63, 3.8) is 0 Å². The Morgan fingerprint density at radius 2 is 0.852 bits per heavy atom. The molecule has 0 N–H and O–H groups in total. The summed E-state index contributed by atoms with van der Waals surface area (Å²) in [7, 11) is 0. The molecule has 0 aliphatic heterocycles. The van der Waals surface area contributed by atoms with Gasteiger partial charge in [0.1, 0.15) is 0 Å². The lowest BCUT2D eigenvalue weighted by Crippen LogP contribution is -1.96. The van der Waals surface area contributed by atoms with Crippen molar-refractivity contribution >= 4 is 54.4 Å². The van der Waals surface area contributed by atoms with Crippen LogP contribution in [-0.2, 0) is 0 Å². The number of fused-ring (bicyclic) bond motifs is 7. The number of hydrogen-bond donors (Lipinski definition) is 0. The highest BCUT2D eigenvalue weighted by atomic mass is 15.0. The van der Waals surface area contributed by atoms with Crippen molar-refractivity contribution in [3.8, 4) is 44.8 Å². The van der Waals surface area contributed by atoms with Gasteiger partial charge in [-0.1, -0.05) is 158 Å². The van der Waals surface area contributed by atoms with Gasteiger partial charge in [-0.15, -0.1) is 0 Å². The number of nitrogens with zero attached hydrogens (tertiary/aromatic N) is 2. The molecule has 0 aliphatic carbocycles. The minimum Gasteiger partial charge on any atom is -0.309 e. The van der Waals surface area contributed by atoms with E-state index in [1.165, 1.54) is 93.5 Å². The number of hydrogen-bond acceptors (Lipinski definition) is 0. The molecule has 0 spiro atoms. The van der Waals surface area contributed by atoms with Crippen molar-refractivity contribution in [1.29, 1.82) is 0 Å². The van der Waals surface area contributed by atoms with Crippen LogP contribution in [0.5, 0.6) is 0 Å². The van der Waals surface area contributed by atoms with Crippen LogP contribution in [0, 0.1) is 0 Å². The highest BCUT2D eigenvalue weighted by molar-refractivity contribution is 6.18. The van der Waals surface area contributed by atoms with Gasteiger partial charge in [0, 0.05) is 32.6 Å². The molecule has 2 heterocycles. The van der Waals surface area contributed by atoms with Crippen LogP contribution in [0.4, 0.5) is 0 Å². The fourth-order valence-corrected chi connectivity index (χ4v) is 8.74. The molecule has 0 unspecified atom stereocenters. The molecule has 0 bridgehead atoms. The molecule has 54 heavy (non-hydrogen) atoms. The van der Waals surface area contributed by atoms with Gasteiger partial charge in [0.2, 0.25) is 0 Å².